The Morgan fingerprint density at radius 3 is 2.61 bits per heavy atom. The molecule has 0 radical (unpaired) electrons. The molecule has 0 aromatic carbocycles. The van der Waals surface area contributed by atoms with E-state index >= 15 is 0 Å². The summed E-state index contributed by atoms with van der Waals surface area (Å²) in [4.78, 5) is 0.858. The molecule has 0 fully saturated rings. The summed E-state index contributed by atoms with van der Waals surface area (Å²) in [6.45, 7) is 5.52. The number of nitrogens with zero attached hydrogens (tertiary/aromatic N) is 1. The lowest BCUT2D eigenvalue weighted by Crippen LogP contribution is -2.33. The van der Waals surface area contributed by atoms with Gasteiger partial charge < -0.3 is 4.74 Å². The van der Waals surface area contributed by atoms with E-state index in [1.165, 1.54) is 15.6 Å². The number of hydrogen-bond acceptors (Lipinski definition) is 4. The summed E-state index contributed by atoms with van der Waals surface area (Å²) in [5, 5.41) is 0. The van der Waals surface area contributed by atoms with Crippen molar-refractivity contribution in [3.63, 3.8) is 0 Å². The molecule has 0 unspecified atom stereocenters. The van der Waals surface area contributed by atoms with Crippen molar-refractivity contribution >= 4 is 33.0 Å². The van der Waals surface area contributed by atoms with E-state index in [2.05, 4.69) is 0 Å². The van der Waals surface area contributed by atoms with Crippen molar-refractivity contribution in [3.8, 4) is 0 Å². The summed E-state index contributed by atoms with van der Waals surface area (Å²) in [7, 11) is -3.41. The molecule has 104 valence electrons. The minimum Gasteiger partial charge on any atom is -0.380 e. The van der Waals surface area contributed by atoms with Crippen LogP contribution in [-0.2, 0) is 20.6 Å². The van der Waals surface area contributed by atoms with Crippen molar-refractivity contribution in [3.05, 3.63) is 17.0 Å². The van der Waals surface area contributed by atoms with Crippen LogP contribution in [0.2, 0.25) is 0 Å². The standard InChI is InChI=1S/C11H18ClNO3S2/c1-3-13(7-8-16-4-2)18(14,15)11-6-5-10(9-12)17-11/h5-6H,3-4,7-9H2,1-2H3. The Hall–Kier alpha value is -0.140. The fourth-order valence-electron chi connectivity index (χ4n) is 1.45. The number of ether oxygens (including phenoxy) is 1. The molecule has 18 heavy (non-hydrogen) atoms. The van der Waals surface area contributed by atoms with Gasteiger partial charge in [-0.2, -0.15) is 4.31 Å². The van der Waals surface area contributed by atoms with Gasteiger partial charge in [0.25, 0.3) is 10.0 Å². The van der Waals surface area contributed by atoms with Gasteiger partial charge in [0.1, 0.15) is 4.21 Å². The third-order valence-electron chi connectivity index (χ3n) is 2.40. The molecule has 0 aliphatic carbocycles. The predicted molar refractivity (Wildman–Crippen MR) is 74.8 cm³/mol. The SMILES string of the molecule is CCOCCN(CC)S(=O)(=O)c1ccc(CCl)s1. The Bertz CT molecular complexity index is 459. The van der Waals surface area contributed by atoms with Crippen molar-refractivity contribution in [1.82, 2.24) is 4.31 Å². The topological polar surface area (TPSA) is 46.6 Å². The number of thiophene rings is 1. The molecule has 0 aliphatic heterocycles. The van der Waals surface area contributed by atoms with Gasteiger partial charge in [-0.05, 0) is 19.1 Å². The highest BCUT2D eigenvalue weighted by molar-refractivity contribution is 7.91. The summed E-state index contributed by atoms with van der Waals surface area (Å²) in [6.07, 6.45) is 0. The van der Waals surface area contributed by atoms with Gasteiger partial charge in [0.15, 0.2) is 0 Å². The first-order valence-corrected chi connectivity index (χ1v) is 8.57. The van der Waals surface area contributed by atoms with Gasteiger partial charge in [-0.3, -0.25) is 0 Å². The summed E-state index contributed by atoms with van der Waals surface area (Å²) in [5.74, 6) is 0.339. The Kier molecular flexibility index (Phi) is 6.59. The molecule has 0 bridgehead atoms. The van der Waals surface area contributed by atoms with Gasteiger partial charge in [-0.15, -0.1) is 22.9 Å². The molecule has 0 N–H and O–H groups in total. The Labute approximate surface area is 118 Å². The van der Waals surface area contributed by atoms with Crippen LogP contribution in [0.1, 0.15) is 18.7 Å². The van der Waals surface area contributed by atoms with Crippen LogP contribution < -0.4 is 0 Å². The molecule has 0 amide bonds. The zero-order valence-electron chi connectivity index (χ0n) is 10.6. The zero-order chi connectivity index (χ0) is 13.6. The van der Waals surface area contributed by atoms with Crippen LogP contribution in [0.15, 0.2) is 16.3 Å². The first-order chi connectivity index (χ1) is 8.56. The first-order valence-electron chi connectivity index (χ1n) is 5.78. The molecule has 0 saturated carbocycles. The third kappa shape index (κ3) is 3.93. The summed E-state index contributed by atoms with van der Waals surface area (Å²) in [5.41, 5.74) is 0. The Balaban J connectivity index is 2.82. The molecule has 7 heteroatoms. The highest BCUT2D eigenvalue weighted by atomic mass is 35.5. The van der Waals surface area contributed by atoms with E-state index in [1.807, 2.05) is 13.8 Å². The van der Waals surface area contributed by atoms with Crippen LogP contribution in [0.4, 0.5) is 0 Å². The minimum absolute atomic E-state index is 0.339. The molecule has 1 rings (SSSR count). The number of hydrogen-bond donors (Lipinski definition) is 0. The third-order valence-corrected chi connectivity index (χ3v) is 6.38. The number of alkyl halides is 1. The molecule has 0 spiro atoms. The monoisotopic (exact) mass is 311 g/mol. The average molecular weight is 312 g/mol. The van der Waals surface area contributed by atoms with E-state index in [9.17, 15) is 8.42 Å². The minimum atomic E-state index is -3.41. The van der Waals surface area contributed by atoms with Crippen LogP contribution in [0.25, 0.3) is 0 Å². The molecule has 0 atom stereocenters. The number of sulfonamides is 1. The molecule has 1 heterocycles. The molecular weight excluding hydrogens is 294 g/mol. The van der Waals surface area contributed by atoms with Crippen LogP contribution in [0.3, 0.4) is 0 Å². The second-order valence-corrected chi connectivity index (χ2v) is 7.15. The summed E-state index contributed by atoms with van der Waals surface area (Å²) < 4.78 is 31.6. The number of halogens is 1. The lowest BCUT2D eigenvalue weighted by atomic mass is 10.5. The maximum atomic E-state index is 12.3. The van der Waals surface area contributed by atoms with Crippen molar-refractivity contribution in [2.75, 3.05) is 26.3 Å². The van der Waals surface area contributed by atoms with Gasteiger partial charge >= 0.3 is 0 Å². The van der Waals surface area contributed by atoms with Gasteiger partial charge in [0.05, 0.1) is 12.5 Å². The predicted octanol–water partition coefficient (Wildman–Crippen LogP) is 2.53. The maximum Gasteiger partial charge on any atom is 0.252 e. The Morgan fingerprint density at radius 1 is 1.39 bits per heavy atom. The maximum absolute atomic E-state index is 12.3. The second-order valence-electron chi connectivity index (χ2n) is 3.55. The molecule has 1 aromatic heterocycles. The first kappa shape index (κ1) is 15.9. The summed E-state index contributed by atoms with van der Waals surface area (Å²) >= 11 is 6.91. The fourth-order valence-corrected chi connectivity index (χ4v) is 4.50. The highest BCUT2D eigenvalue weighted by Gasteiger charge is 2.24. The van der Waals surface area contributed by atoms with Crippen LogP contribution >= 0.6 is 22.9 Å². The van der Waals surface area contributed by atoms with Crippen molar-refractivity contribution in [2.24, 2.45) is 0 Å². The van der Waals surface area contributed by atoms with E-state index in [4.69, 9.17) is 16.3 Å². The van der Waals surface area contributed by atoms with E-state index in [1.54, 1.807) is 12.1 Å². The zero-order valence-corrected chi connectivity index (χ0v) is 12.9. The normalized spacial score (nSPS) is 12.2. The second kappa shape index (κ2) is 7.45. The van der Waals surface area contributed by atoms with Crippen molar-refractivity contribution < 1.29 is 13.2 Å². The highest BCUT2D eigenvalue weighted by Crippen LogP contribution is 2.25. The largest absolute Gasteiger partial charge is 0.380 e. The van der Waals surface area contributed by atoms with E-state index in [0.29, 0.717) is 36.4 Å². The number of rotatable bonds is 8. The van der Waals surface area contributed by atoms with Crippen LogP contribution in [-0.4, -0.2) is 39.0 Å². The van der Waals surface area contributed by atoms with Gasteiger partial charge in [-0.1, -0.05) is 6.92 Å². The van der Waals surface area contributed by atoms with E-state index < -0.39 is 10.0 Å². The van der Waals surface area contributed by atoms with E-state index in [0.717, 1.165) is 4.88 Å². The quantitative estimate of drug-likeness (QED) is 0.547. The fraction of sp³-hybridized carbons (Fsp3) is 0.636. The van der Waals surface area contributed by atoms with Crippen molar-refractivity contribution in [1.29, 1.82) is 0 Å². The van der Waals surface area contributed by atoms with Crippen molar-refractivity contribution in [2.45, 2.75) is 23.9 Å². The lowest BCUT2D eigenvalue weighted by molar-refractivity contribution is 0.135. The molecule has 4 nitrogen and oxygen atoms in total. The van der Waals surface area contributed by atoms with Gasteiger partial charge in [-0.25, -0.2) is 8.42 Å². The molecular formula is C11H18ClNO3S2. The summed E-state index contributed by atoms with van der Waals surface area (Å²) in [6, 6.07) is 3.36. The van der Waals surface area contributed by atoms with Gasteiger partial charge in [0, 0.05) is 24.6 Å². The van der Waals surface area contributed by atoms with Crippen LogP contribution in [0.5, 0.6) is 0 Å². The molecule has 0 aliphatic rings. The number of likely N-dealkylation sites (N-methyl/N-ethyl adjacent to an activating group) is 1. The molecule has 1 aromatic rings. The molecule has 0 saturated heterocycles. The smallest absolute Gasteiger partial charge is 0.252 e. The van der Waals surface area contributed by atoms with Crippen LogP contribution in [0, 0.1) is 0 Å². The van der Waals surface area contributed by atoms with Gasteiger partial charge in [0.2, 0.25) is 0 Å². The van der Waals surface area contributed by atoms with E-state index in [-0.39, 0.29) is 0 Å². The average Bonchev–Trinajstić information content (AvgIpc) is 2.83. The lowest BCUT2D eigenvalue weighted by Gasteiger charge is -2.19. The Morgan fingerprint density at radius 2 is 2.11 bits per heavy atom.